The summed E-state index contributed by atoms with van der Waals surface area (Å²) in [5.74, 6) is -1.67. The molecule has 0 aromatic heterocycles. The number of rotatable bonds is 4. The first-order valence-corrected chi connectivity index (χ1v) is 8.10. The molecule has 8 heteroatoms. The van der Waals surface area contributed by atoms with Crippen molar-refractivity contribution in [3.63, 3.8) is 0 Å². The molecule has 4 atom stereocenters. The third-order valence-corrected chi connectivity index (χ3v) is 3.90. The third kappa shape index (κ3) is 4.24. The molecule has 1 fully saturated rings. The van der Waals surface area contributed by atoms with Crippen molar-refractivity contribution in [2.24, 2.45) is 4.99 Å². The molecule has 0 aromatic carbocycles. The Balaban J connectivity index is 2.27. The maximum atomic E-state index is 14.3. The van der Waals surface area contributed by atoms with E-state index in [9.17, 15) is 14.0 Å². The number of likely N-dealkylation sites (tertiary alicyclic amines) is 1. The van der Waals surface area contributed by atoms with Crippen molar-refractivity contribution >= 4 is 18.2 Å². The predicted octanol–water partition coefficient (Wildman–Crippen LogP) is 2.25. The van der Waals surface area contributed by atoms with Crippen molar-refractivity contribution in [1.29, 1.82) is 0 Å². The maximum Gasteiger partial charge on any atom is 0.417 e. The van der Waals surface area contributed by atoms with Gasteiger partial charge in [-0.1, -0.05) is 0 Å². The van der Waals surface area contributed by atoms with Gasteiger partial charge in [0.05, 0.1) is 0 Å². The summed E-state index contributed by atoms with van der Waals surface area (Å²) < 4.78 is 30.4. The number of imide groups is 1. The zero-order valence-electron chi connectivity index (χ0n) is 15.4. The van der Waals surface area contributed by atoms with Crippen molar-refractivity contribution in [3.05, 3.63) is 12.2 Å². The van der Waals surface area contributed by atoms with E-state index in [2.05, 4.69) is 4.99 Å². The van der Waals surface area contributed by atoms with Gasteiger partial charge in [-0.05, 0) is 46.8 Å². The van der Waals surface area contributed by atoms with E-state index in [-0.39, 0.29) is 0 Å². The largest absolute Gasteiger partial charge is 0.443 e. The van der Waals surface area contributed by atoms with Gasteiger partial charge in [-0.3, -0.25) is 9.79 Å². The molecule has 2 unspecified atom stereocenters. The summed E-state index contributed by atoms with van der Waals surface area (Å²) >= 11 is 0. The highest BCUT2D eigenvalue weighted by Gasteiger charge is 2.59. The molecule has 2 aliphatic heterocycles. The zero-order chi connectivity index (χ0) is 19.0. The third-order valence-electron chi connectivity index (χ3n) is 3.90. The van der Waals surface area contributed by atoms with Crippen molar-refractivity contribution in [1.82, 2.24) is 4.90 Å². The highest BCUT2D eigenvalue weighted by atomic mass is 19.1. The van der Waals surface area contributed by atoms with Gasteiger partial charge in [0.1, 0.15) is 23.9 Å². The van der Waals surface area contributed by atoms with E-state index in [1.165, 1.54) is 25.5 Å². The van der Waals surface area contributed by atoms with Gasteiger partial charge in [0.2, 0.25) is 0 Å². The highest BCUT2D eigenvalue weighted by Crippen LogP contribution is 2.35. The van der Waals surface area contributed by atoms with Crippen LogP contribution in [0.15, 0.2) is 17.1 Å². The maximum absolute atomic E-state index is 14.3. The minimum atomic E-state index is -1.44. The Labute approximate surface area is 146 Å². The number of halogens is 1. The molecule has 1 saturated heterocycles. The molecule has 2 aliphatic rings. The molecule has 25 heavy (non-hydrogen) atoms. The molecule has 0 aliphatic carbocycles. The fourth-order valence-corrected chi connectivity index (χ4v) is 2.59. The minimum absolute atomic E-state index is 0.596. The van der Waals surface area contributed by atoms with Gasteiger partial charge in [0, 0.05) is 13.3 Å². The fraction of sp³-hybridized carbons (Fsp3) is 0.706. The van der Waals surface area contributed by atoms with E-state index < -0.39 is 47.7 Å². The number of β-lactam (4-membered cyclic amide) rings is 1. The second kappa shape index (κ2) is 6.84. The summed E-state index contributed by atoms with van der Waals surface area (Å²) in [7, 11) is 1.43. The summed E-state index contributed by atoms with van der Waals surface area (Å²) in [5.41, 5.74) is -0.787. The van der Waals surface area contributed by atoms with Gasteiger partial charge in [0.15, 0.2) is 11.9 Å². The number of hydrogen-bond donors (Lipinski definition) is 0. The molecule has 140 valence electrons. The van der Waals surface area contributed by atoms with E-state index in [0.717, 1.165) is 4.90 Å². The quantitative estimate of drug-likeness (QED) is 0.570. The molecule has 2 rings (SSSR count). The summed E-state index contributed by atoms with van der Waals surface area (Å²) in [4.78, 5) is 29.9. The van der Waals surface area contributed by atoms with Crippen LogP contribution in [0.3, 0.4) is 0 Å². The topological polar surface area (TPSA) is 77.4 Å². The number of ether oxygens (including phenoxy) is 3. The average Bonchev–Trinajstić information content (AvgIpc) is 2.49. The number of alkyl halides is 1. The van der Waals surface area contributed by atoms with Crippen LogP contribution in [0, 0.1) is 0 Å². The summed E-state index contributed by atoms with van der Waals surface area (Å²) in [6, 6.07) is -1.86. The molecular weight excluding hydrogens is 331 g/mol. The lowest BCUT2D eigenvalue weighted by Gasteiger charge is -2.49. The molecule has 0 bridgehead atoms. The lowest BCUT2D eigenvalue weighted by Crippen LogP contribution is -2.73. The SMILES string of the molecule is COC(C)(C)O[C@H]1C(=O)N(C(=O)OC(C)(C)C)[C@H]1C1N=CC=CC1F. The molecule has 2 heterocycles. The molecule has 0 radical (unpaired) electrons. The summed E-state index contributed by atoms with van der Waals surface area (Å²) in [6.07, 6.45) is 0.921. The van der Waals surface area contributed by atoms with E-state index in [1.807, 2.05) is 0 Å². The number of carbonyl (C=O) groups excluding carboxylic acids is 2. The van der Waals surface area contributed by atoms with Crippen molar-refractivity contribution in [3.8, 4) is 0 Å². The van der Waals surface area contributed by atoms with Crippen LogP contribution in [-0.4, -0.2) is 66.0 Å². The Morgan fingerprint density at radius 3 is 2.44 bits per heavy atom. The Kier molecular flexibility index (Phi) is 5.34. The molecule has 7 nitrogen and oxygen atoms in total. The Hall–Kier alpha value is -1.80. The molecule has 0 spiro atoms. The van der Waals surface area contributed by atoms with E-state index in [0.29, 0.717) is 0 Å². The van der Waals surface area contributed by atoms with Gasteiger partial charge in [-0.25, -0.2) is 14.1 Å². The first kappa shape index (κ1) is 19.5. The van der Waals surface area contributed by atoms with Crippen LogP contribution in [0.25, 0.3) is 0 Å². The van der Waals surface area contributed by atoms with E-state index >= 15 is 0 Å². The van der Waals surface area contributed by atoms with Gasteiger partial charge in [-0.15, -0.1) is 0 Å². The number of methoxy groups -OCH3 is 1. The van der Waals surface area contributed by atoms with Gasteiger partial charge >= 0.3 is 6.09 Å². The molecule has 0 saturated carbocycles. The second-order valence-electron chi connectivity index (χ2n) is 7.44. The molecule has 0 N–H and O–H groups in total. The van der Waals surface area contributed by atoms with E-state index in [4.69, 9.17) is 14.2 Å². The second-order valence-corrected chi connectivity index (χ2v) is 7.44. The first-order chi connectivity index (χ1) is 11.5. The Morgan fingerprint density at radius 2 is 1.92 bits per heavy atom. The van der Waals surface area contributed by atoms with Crippen molar-refractivity contribution in [2.45, 2.75) is 70.4 Å². The average molecular weight is 356 g/mol. The number of allylic oxidation sites excluding steroid dienone is 1. The van der Waals surface area contributed by atoms with Crippen LogP contribution >= 0.6 is 0 Å². The van der Waals surface area contributed by atoms with Crippen LogP contribution in [0.1, 0.15) is 34.6 Å². The normalized spacial score (nSPS) is 29.6. The smallest absolute Gasteiger partial charge is 0.417 e. The van der Waals surface area contributed by atoms with Crippen LogP contribution in [-0.2, 0) is 19.0 Å². The molecule has 0 aromatic rings. The van der Waals surface area contributed by atoms with Crippen molar-refractivity contribution in [2.75, 3.05) is 7.11 Å². The molecular formula is C17H25FN2O5. The lowest BCUT2D eigenvalue weighted by atomic mass is 9.87. The molecule has 2 amide bonds. The fourth-order valence-electron chi connectivity index (χ4n) is 2.59. The highest BCUT2D eigenvalue weighted by molar-refractivity contribution is 6.01. The monoisotopic (exact) mass is 356 g/mol. The van der Waals surface area contributed by atoms with Gasteiger partial charge < -0.3 is 14.2 Å². The number of aliphatic imine (C=N–C) groups is 1. The first-order valence-electron chi connectivity index (χ1n) is 8.10. The Bertz CT molecular complexity index is 596. The standard InChI is InChI=1S/C17H25FN2O5/c1-16(2,3)25-15(22)20-12(11-10(18)8-7-9-19-11)13(14(20)21)24-17(4,5)23-6/h7-13H,1-6H3/t10?,11?,12-,13+/m0/s1. The number of hydrogen-bond acceptors (Lipinski definition) is 6. The number of carbonyl (C=O) groups is 2. The predicted molar refractivity (Wildman–Crippen MR) is 89.1 cm³/mol. The van der Waals surface area contributed by atoms with Gasteiger partial charge in [0.25, 0.3) is 5.91 Å². The van der Waals surface area contributed by atoms with Crippen LogP contribution in [0.5, 0.6) is 0 Å². The lowest BCUT2D eigenvalue weighted by molar-refractivity contribution is -0.253. The van der Waals surface area contributed by atoms with Crippen LogP contribution < -0.4 is 0 Å². The summed E-state index contributed by atoms with van der Waals surface area (Å²) in [5, 5.41) is 0. The zero-order valence-corrected chi connectivity index (χ0v) is 15.4. The summed E-state index contributed by atoms with van der Waals surface area (Å²) in [6.45, 7) is 8.32. The number of nitrogens with zero attached hydrogens (tertiary/aromatic N) is 2. The van der Waals surface area contributed by atoms with Gasteiger partial charge in [-0.2, -0.15) is 0 Å². The van der Waals surface area contributed by atoms with Crippen LogP contribution in [0.4, 0.5) is 9.18 Å². The van der Waals surface area contributed by atoms with E-state index in [1.54, 1.807) is 34.6 Å². The Morgan fingerprint density at radius 1 is 1.28 bits per heavy atom. The van der Waals surface area contributed by atoms with Crippen LogP contribution in [0.2, 0.25) is 0 Å². The number of dihydropyridines is 1. The van der Waals surface area contributed by atoms with Crippen molar-refractivity contribution < 1.29 is 28.2 Å². The number of amides is 2. The minimum Gasteiger partial charge on any atom is -0.443 e.